The van der Waals surface area contributed by atoms with Gasteiger partial charge < -0.3 is 9.73 Å². The van der Waals surface area contributed by atoms with Crippen molar-refractivity contribution in [2.75, 3.05) is 19.6 Å². The topological polar surface area (TPSA) is 80.4 Å². The molecule has 1 saturated heterocycles. The van der Waals surface area contributed by atoms with Gasteiger partial charge in [-0.3, -0.25) is 19.1 Å². The average Bonchev–Trinajstić information content (AvgIpc) is 3.26. The lowest BCUT2D eigenvalue weighted by atomic mass is 10.1. The second-order valence-corrected chi connectivity index (χ2v) is 7.10. The molecule has 3 aromatic rings. The molecule has 0 aliphatic carbocycles. The molecule has 7 nitrogen and oxygen atoms in total. The highest BCUT2D eigenvalue weighted by Gasteiger charge is 2.25. The summed E-state index contributed by atoms with van der Waals surface area (Å²) in [5.74, 6) is 0.653. The zero-order valence-electron chi connectivity index (χ0n) is 15.7. The summed E-state index contributed by atoms with van der Waals surface area (Å²) in [5, 5.41) is 2.99. The summed E-state index contributed by atoms with van der Waals surface area (Å²) in [6.45, 7) is 2.40. The maximum Gasteiger partial charge on any atom is 0.269 e. The number of aromatic nitrogens is 2. The van der Waals surface area contributed by atoms with Crippen molar-refractivity contribution < 1.29 is 9.21 Å². The van der Waals surface area contributed by atoms with E-state index >= 15 is 0 Å². The van der Waals surface area contributed by atoms with Crippen LogP contribution in [0.5, 0.6) is 0 Å². The molecular weight excluding hydrogens is 356 g/mol. The summed E-state index contributed by atoms with van der Waals surface area (Å²) in [6, 6.07) is 11.1. The number of benzene rings is 1. The van der Waals surface area contributed by atoms with Crippen LogP contribution in [0, 0.1) is 0 Å². The highest BCUT2D eigenvalue weighted by molar-refractivity contribution is 5.79. The maximum atomic E-state index is 12.6. The minimum Gasteiger partial charge on any atom is -0.468 e. The van der Waals surface area contributed by atoms with E-state index in [1.54, 1.807) is 12.3 Å². The van der Waals surface area contributed by atoms with Crippen LogP contribution in [0.15, 0.2) is 58.1 Å². The van der Waals surface area contributed by atoms with Gasteiger partial charge in [0.2, 0.25) is 5.91 Å². The van der Waals surface area contributed by atoms with Crippen molar-refractivity contribution >= 4 is 16.9 Å². The number of hydrogen-bond donors (Lipinski definition) is 1. The molecule has 7 heteroatoms. The number of carbonyl (C=O) groups is 1. The van der Waals surface area contributed by atoms with Gasteiger partial charge in [0.1, 0.15) is 12.3 Å². The van der Waals surface area contributed by atoms with Gasteiger partial charge in [0.05, 0.1) is 29.5 Å². The van der Waals surface area contributed by atoms with E-state index in [4.69, 9.17) is 4.42 Å². The van der Waals surface area contributed by atoms with Crippen LogP contribution in [0.4, 0.5) is 0 Å². The van der Waals surface area contributed by atoms with E-state index in [9.17, 15) is 9.59 Å². The van der Waals surface area contributed by atoms with Gasteiger partial charge in [0, 0.05) is 6.54 Å². The first-order valence-corrected chi connectivity index (χ1v) is 9.71. The quantitative estimate of drug-likeness (QED) is 0.710. The van der Waals surface area contributed by atoms with Gasteiger partial charge in [-0.1, -0.05) is 18.6 Å². The molecule has 1 N–H and O–H groups in total. The molecule has 3 heterocycles. The van der Waals surface area contributed by atoms with E-state index in [0.717, 1.165) is 31.7 Å². The Kier molecular flexibility index (Phi) is 5.53. The van der Waals surface area contributed by atoms with Crippen LogP contribution in [0.3, 0.4) is 0 Å². The van der Waals surface area contributed by atoms with Crippen LogP contribution in [-0.2, 0) is 11.3 Å². The molecule has 28 heavy (non-hydrogen) atoms. The minimum absolute atomic E-state index is 0.00477. The van der Waals surface area contributed by atoms with E-state index in [-0.39, 0.29) is 24.1 Å². The van der Waals surface area contributed by atoms with Crippen LogP contribution >= 0.6 is 0 Å². The van der Waals surface area contributed by atoms with Crippen molar-refractivity contribution in [1.29, 1.82) is 0 Å². The predicted molar refractivity (Wildman–Crippen MR) is 106 cm³/mol. The fourth-order valence-electron chi connectivity index (χ4n) is 3.81. The molecule has 4 rings (SSSR count). The smallest absolute Gasteiger partial charge is 0.269 e. The van der Waals surface area contributed by atoms with E-state index in [1.165, 1.54) is 17.2 Å². The van der Waals surface area contributed by atoms with Crippen molar-refractivity contribution in [3.63, 3.8) is 0 Å². The fraction of sp³-hybridized carbons (Fsp3) is 0.381. The molecule has 1 aliphatic rings. The molecule has 0 bridgehead atoms. The standard InChI is InChI=1S/C21H24N4O3/c26-20(15-25-17-8-3-2-7-16(17)22-14-21(25)27)23-13-18(19-9-6-12-28-19)24-10-4-1-5-11-24/h2-3,6-9,12,14,18H,1,4-5,10-11,13,15H2,(H,23,26)/t18-/m1/s1. The Balaban J connectivity index is 1.47. The lowest BCUT2D eigenvalue weighted by molar-refractivity contribution is -0.122. The van der Waals surface area contributed by atoms with Crippen LogP contribution in [-0.4, -0.2) is 40.0 Å². The number of nitrogens with one attached hydrogen (secondary N) is 1. The number of fused-ring (bicyclic) bond motifs is 1. The summed E-state index contributed by atoms with van der Waals surface area (Å²) in [7, 11) is 0. The number of likely N-dealkylation sites (tertiary alicyclic amines) is 1. The maximum absolute atomic E-state index is 12.6. The number of amides is 1. The minimum atomic E-state index is -0.285. The molecule has 2 aromatic heterocycles. The van der Waals surface area contributed by atoms with Crippen LogP contribution < -0.4 is 10.9 Å². The molecule has 1 aliphatic heterocycles. The summed E-state index contributed by atoms with van der Waals surface area (Å²) < 4.78 is 7.08. The van der Waals surface area contributed by atoms with Gasteiger partial charge in [0.25, 0.3) is 5.56 Å². The molecule has 1 amide bonds. The second kappa shape index (κ2) is 8.39. The number of para-hydroxylation sites is 2. The van der Waals surface area contributed by atoms with Gasteiger partial charge in [-0.25, -0.2) is 4.98 Å². The zero-order valence-corrected chi connectivity index (χ0v) is 15.7. The summed E-state index contributed by atoms with van der Waals surface area (Å²) in [6.07, 6.45) is 6.48. The summed E-state index contributed by atoms with van der Waals surface area (Å²) in [4.78, 5) is 31.4. The summed E-state index contributed by atoms with van der Waals surface area (Å²) in [5.41, 5.74) is 1.06. The van der Waals surface area contributed by atoms with Crippen LogP contribution in [0.2, 0.25) is 0 Å². The van der Waals surface area contributed by atoms with E-state index in [1.807, 2.05) is 30.3 Å². The molecule has 146 valence electrons. The van der Waals surface area contributed by atoms with Crippen molar-refractivity contribution in [1.82, 2.24) is 19.8 Å². The zero-order chi connectivity index (χ0) is 19.3. The van der Waals surface area contributed by atoms with Gasteiger partial charge >= 0.3 is 0 Å². The third-order valence-electron chi connectivity index (χ3n) is 5.25. The number of carbonyl (C=O) groups excluding carboxylic acids is 1. The van der Waals surface area contributed by atoms with Crippen molar-refractivity contribution in [2.45, 2.75) is 31.8 Å². The van der Waals surface area contributed by atoms with E-state index in [2.05, 4.69) is 15.2 Å². The normalized spacial score (nSPS) is 16.1. The fourth-order valence-corrected chi connectivity index (χ4v) is 3.81. The Morgan fingerprint density at radius 2 is 1.96 bits per heavy atom. The average molecular weight is 380 g/mol. The Morgan fingerprint density at radius 3 is 2.75 bits per heavy atom. The van der Waals surface area contributed by atoms with Crippen molar-refractivity contribution in [3.8, 4) is 0 Å². The third kappa shape index (κ3) is 3.99. The van der Waals surface area contributed by atoms with Crippen molar-refractivity contribution in [3.05, 3.63) is 65.0 Å². The monoisotopic (exact) mass is 380 g/mol. The van der Waals surface area contributed by atoms with Crippen molar-refractivity contribution in [2.24, 2.45) is 0 Å². The van der Waals surface area contributed by atoms with Crippen LogP contribution in [0.25, 0.3) is 11.0 Å². The first-order chi connectivity index (χ1) is 13.7. The van der Waals surface area contributed by atoms with E-state index in [0.29, 0.717) is 17.6 Å². The predicted octanol–water partition coefficient (Wildman–Crippen LogP) is 2.33. The Morgan fingerprint density at radius 1 is 1.14 bits per heavy atom. The Hall–Kier alpha value is -2.93. The highest BCUT2D eigenvalue weighted by atomic mass is 16.3. The molecule has 0 unspecified atom stereocenters. The van der Waals surface area contributed by atoms with Gasteiger partial charge in [-0.15, -0.1) is 0 Å². The number of furan rings is 1. The van der Waals surface area contributed by atoms with Crippen LogP contribution in [0.1, 0.15) is 31.1 Å². The molecular formula is C21H24N4O3. The highest BCUT2D eigenvalue weighted by Crippen LogP contribution is 2.24. The number of rotatable bonds is 6. The molecule has 0 radical (unpaired) electrons. The van der Waals surface area contributed by atoms with Gasteiger partial charge in [-0.2, -0.15) is 0 Å². The number of nitrogens with zero attached hydrogens (tertiary/aromatic N) is 3. The third-order valence-corrected chi connectivity index (χ3v) is 5.25. The first-order valence-electron chi connectivity index (χ1n) is 9.71. The first kappa shape index (κ1) is 18.4. The molecule has 0 spiro atoms. The number of hydrogen-bond acceptors (Lipinski definition) is 5. The SMILES string of the molecule is O=C(Cn1c(=O)cnc2ccccc21)NC[C@H](c1ccco1)N1CCCCC1. The summed E-state index contributed by atoms with van der Waals surface area (Å²) >= 11 is 0. The number of piperidine rings is 1. The molecule has 1 atom stereocenters. The second-order valence-electron chi connectivity index (χ2n) is 7.10. The largest absolute Gasteiger partial charge is 0.468 e. The molecule has 1 aromatic carbocycles. The Labute approximate surface area is 163 Å². The lowest BCUT2D eigenvalue weighted by Crippen LogP contribution is -2.41. The Bertz CT molecular complexity index is 990. The van der Waals surface area contributed by atoms with Gasteiger partial charge in [0.15, 0.2) is 0 Å². The van der Waals surface area contributed by atoms with E-state index < -0.39 is 0 Å². The van der Waals surface area contributed by atoms with Gasteiger partial charge in [-0.05, 0) is 50.2 Å². The molecule has 0 saturated carbocycles. The molecule has 1 fully saturated rings. The lowest BCUT2D eigenvalue weighted by Gasteiger charge is -2.33.